The van der Waals surface area contributed by atoms with E-state index in [1.54, 1.807) is 53.4 Å². The number of hydrogen-bond donors (Lipinski definition) is 2. The summed E-state index contributed by atoms with van der Waals surface area (Å²) in [6.45, 7) is 1.88. The maximum atomic E-state index is 12.2. The third-order valence-corrected chi connectivity index (χ3v) is 4.40. The fraction of sp³-hybridized carbons (Fsp3) is 0.211. The van der Waals surface area contributed by atoms with E-state index in [-0.39, 0.29) is 24.2 Å². The highest BCUT2D eigenvalue weighted by molar-refractivity contribution is 6.30. The van der Waals surface area contributed by atoms with E-state index in [2.05, 4.69) is 10.6 Å². The van der Waals surface area contributed by atoms with Crippen molar-refractivity contribution >= 4 is 40.7 Å². The smallest absolute Gasteiger partial charge is 0.319 e. The molecule has 0 spiro atoms. The van der Waals surface area contributed by atoms with Crippen molar-refractivity contribution in [3.05, 3.63) is 59.1 Å². The second-order valence-electron chi connectivity index (χ2n) is 6.11. The van der Waals surface area contributed by atoms with Crippen molar-refractivity contribution in [2.75, 3.05) is 16.8 Å². The van der Waals surface area contributed by atoms with Crippen LogP contribution in [0.5, 0.6) is 0 Å². The second-order valence-corrected chi connectivity index (χ2v) is 6.55. The molecule has 26 heavy (non-hydrogen) atoms. The Balaban J connectivity index is 1.57. The first kappa shape index (κ1) is 17.9. The van der Waals surface area contributed by atoms with Gasteiger partial charge in [0.2, 0.25) is 5.91 Å². The summed E-state index contributed by atoms with van der Waals surface area (Å²) in [7, 11) is 0. The summed E-state index contributed by atoms with van der Waals surface area (Å²) in [6, 6.07) is 13.0. The zero-order chi connectivity index (χ0) is 18.7. The lowest BCUT2D eigenvalue weighted by molar-refractivity contribution is -0.117. The number of amides is 3. The number of ketones is 1. The number of halogens is 1. The van der Waals surface area contributed by atoms with Crippen LogP contribution in [0.4, 0.5) is 16.2 Å². The molecule has 1 fully saturated rings. The maximum absolute atomic E-state index is 12.2. The fourth-order valence-corrected chi connectivity index (χ4v) is 2.94. The number of nitrogens with one attached hydrogen (secondary N) is 2. The number of benzene rings is 2. The first-order chi connectivity index (χ1) is 12.4. The van der Waals surface area contributed by atoms with Crippen molar-refractivity contribution in [2.24, 2.45) is 0 Å². The van der Waals surface area contributed by atoms with Crippen molar-refractivity contribution in [1.82, 2.24) is 5.32 Å². The van der Waals surface area contributed by atoms with Crippen LogP contribution in [0.15, 0.2) is 48.5 Å². The summed E-state index contributed by atoms with van der Waals surface area (Å²) in [5, 5.41) is 6.11. The lowest BCUT2D eigenvalue weighted by Gasteiger charge is -2.17. The Kier molecular flexibility index (Phi) is 5.23. The molecule has 7 heteroatoms. The number of carbonyl (C=O) groups is 3. The molecule has 1 unspecified atom stereocenters. The Morgan fingerprint density at radius 3 is 2.35 bits per heavy atom. The van der Waals surface area contributed by atoms with Gasteiger partial charge in [0, 0.05) is 34.9 Å². The van der Waals surface area contributed by atoms with Gasteiger partial charge in [0.1, 0.15) is 0 Å². The standard InChI is InChI=1S/C19H18ClN3O3/c1-12(24)13-2-6-15(7-3-13)21-19(26)22-16-10-18(25)23(11-16)17-8-4-14(20)5-9-17/h2-9,16H,10-11H2,1H3,(H2,21,22,26). The highest BCUT2D eigenvalue weighted by Crippen LogP contribution is 2.23. The van der Waals surface area contributed by atoms with Crippen molar-refractivity contribution in [3.8, 4) is 0 Å². The van der Waals surface area contributed by atoms with Gasteiger partial charge < -0.3 is 15.5 Å². The molecule has 3 rings (SSSR count). The van der Waals surface area contributed by atoms with Crippen LogP contribution in [0.25, 0.3) is 0 Å². The van der Waals surface area contributed by atoms with Gasteiger partial charge in [-0.3, -0.25) is 9.59 Å². The summed E-state index contributed by atoms with van der Waals surface area (Å²) < 4.78 is 0. The Morgan fingerprint density at radius 2 is 1.73 bits per heavy atom. The van der Waals surface area contributed by atoms with Crippen LogP contribution in [0.1, 0.15) is 23.7 Å². The van der Waals surface area contributed by atoms with E-state index in [9.17, 15) is 14.4 Å². The summed E-state index contributed by atoms with van der Waals surface area (Å²) in [4.78, 5) is 37.2. The zero-order valence-electron chi connectivity index (χ0n) is 14.2. The quantitative estimate of drug-likeness (QED) is 0.808. The largest absolute Gasteiger partial charge is 0.333 e. The minimum atomic E-state index is -0.392. The van der Waals surface area contributed by atoms with E-state index in [1.807, 2.05) is 0 Å². The molecule has 2 aromatic rings. The molecular weight excluding hydrogens is 354 g/mol. The summed E-state index contributed by atoms with van der Waals surface area (Å²) in [5.74, 6) is -0.0869. The number of urea groups is 1. The van der Waals surface area contributed by atoms with E-state index in [4.69, 9.17) is 11.6 Å². The molecule has 2 aromatic carbocycles. The van der Waals surface area contributed by atoms with Crippen LogP contribution >= 0.6 is 11.6 Å². The average molecular weight is 372 g/mol. The molecule has 0 bridgehead atoms. The van der Waals surface area contributed by atoms with Crippen LogP contribution in [0.3, 0.4) is 0 Å². The van der Waals surface area contributed by atoms with Crippen LogP contribution in [-0.2, 0) is 4.79 Å². The summed E-state index contributed by atoms with van der Waals surface area (Å²) in [6.07, 6.45) is 0.235. The molecule has 3 amide bonds. The summed E-state index contributed by atoms with van der Waals surface area (Å²) >= 11 is 5.87. The topological polar surface area (TPSA) is 78.5 Å². The first-order valence-electron chi connectivity index (χ1n) is 8.17. The Labute approximate surface area is 156 Å². The van der Waals surface area contributed by atoms with Gasteiger partial charge in [-0.25, -0.2) is 4.79 Å². The average Bonchev–Trinajstić information content (AvgIpc) is 2.96. The van der Waals surface area contributed by atoms with E-state index < -0.39 is 6.03 Å². The van der Waals surface area contributed by atoms with Crippen molar-refractivity contribution in [2.45, 2.75) is 19.4 Å². The monoisotopic (exact) mass is 371 g/mol. The molecule has 134 valence electrons. The SMILES string of the molecule is CC(=O)c1ccc(NC(=O)NC2CC(=O)N(c3ccc(Cl)cc3)C2)cc1. The Hall–Kier alpha value is -2.86. The Bertz CT molecular complexity index is 834. The van der Waals surface area contributed by atoms with Crippen molar-refractivity contribution in [3.63, 3.8) is 0 Å². The molecule has 1 aliphatic rings. The third kappa shape index (κ3) is 4.21. The van der Waals surface area contributed by atoms with Gasteiger partial charge in [-0.15, -0.1) is 0 Å². The first-order valence-corrected chi connectivity index (χ1v) is 8.54. The van der Waals surface area contributed by atoms with Crippen molar-refractivity contribution < 1.29 is 14.4 Å². The van der Waals surface area contributed by atoms with Crippen LogP contribution in [-0.4, -0.2) is 30.3 Å². The molecular formula is C19H18ClN3O3. The van der Waals surface area contributed by atoms with Gasteiger partial charge in [0.15, 0.2) is 5.78 Å². The molecule has 1 heterocycles. The van der Waals surface area contributed by atoms with E-state index in [0.717, 1.165) is 5.69 Å². The van der Waals surface area contributed by atoms with Gasteiger partial charge in [-0.2, -0.15) is 0 Å². The highest BCUT2D eigenvalue weighted by Gasteiger charge is 2.31. The number of nitrogens with zero attached hydrogens (tertiary/aromatic N) is 1. The van der Waals surface area contributed by atoms with Gasteiger partial charge >= 0.3 is 6.03 Å². The van der Waals surface area contributed by atoms with Crippen molar-refractivity contribution in [1.29, 1.82) is 0 Å². The molecule has 0 aliphatic carbocycles. The molecule has 0 radical (unpaired) electrons. The van der Waals surface area contributed by atoms with Crippen LogP contribution in [0.2, 0.25) is 5.02 Å². The minimum absolute atomic E-state index is 0.0345. The zero-order valence-corrected chi connectivity index (χ0v) is 14.9. The van der Waals surface area contributed by atoms with E-state index in [1.165, 1.54) is 6.92 Å². The number of carbonyl (C=O) groups excluding carboxylic acids is 3. The normalized spacial score (nSPS) is 16.5. The number of hydrogen-bond acceptors (Lipinski definition) is 3. The van der Waals surface area contributed by atoms with Gasteiger partial charge in [-0.05, 0) is 55.5 Å². The van der Waals surface area contributed by atoms with E-state index >= 15 is 0 Å². The lowest BCUT2D eigenvalue weighted by atomic mass is 10.1. The number of rotatable bonds is 4. The molecule has 1 aliphatic heterocycles. The lowest BCUT2D eigenvalue weighted by Crippen LogP contribution is -2.39. The van der Waals surface area contributed by atoms with Gasteiger partial charge in [-0.1, -0.05) is 11.6 Å². The highest BCUT2D eigenvalue weighted by atomic mass is 35.5. The molecule has 0 saturated carbocycles. The molecule has 1 atom stereocenters. The van der Waals surface area contributed by atoms with E-state index in [0.29, 0.717) is 22.8 Å². The third-order valence-electron chi connectivity index (χ3n) is 4.15. The predicted molar refractivity (Wildman–Crippen MR) is 101 cm³/mol. The maximum Gasteiger partial charge on any atom is 0.319 e. The number of anilines is 2. The predicted octanol–water partition coefficient (Wildman–Crippen LogP) is 3.47. The van der Waals surface area contributed by atoms with Gasteiger partial charge in [0.25, 0.3) is 0 Å². The summed E-state index contributed by atoms with van der Waals surface area (Å²) in [5.41, 5.74) is 1.91. The van der Waals surface area contributed by atoms with Crippen LogP contribution < -0.4 is 15.5 Å². The number of Topliss-reactive ketones (excluding diaryl/α,β-unsaturated/α-hetero) is 1. The van der Waals surface area contributed by atoms with Crippen LogP contribution in [0, 0.1) is 0 Å². The van der Waals surface area contributed by atoms with Gasteiger partial charge in [0.05, 0.1) is 6.04 Å². The Morgan fingerprint density at radius 1 is 1.08 bits per heavy atom. The second kappa shape index (κ2) is 7.58. The molecule has 6 nitrogen and oxygen atoms in total. The molecule has 1 saturated heterocycles. The fourth-order valence-electron chi connectivity index (χ4n) is 2.82. The minimum Gasteiger partial charge on any atom is -0.333 e. The molecule has 2 N–H and O–H groups in total. The molecule has 0 aromatic heterocycles.